The Balaban J connectivity index is -0.000000182. The smallest absolute Gasteiger partial charge is 1.00 e. The molecule has 0 aromatic heterocycles. The molecule has 2 amide bonds. The van der Waals surface area contributed by atoms with Crippen LogP contribution >= 0.6 is 23.2 Å². The molecule has 0 radical (unpaired) electrons. The van der Waals surface area contributed by atoms with Crippen LogP contribution in [0.25, 0.3) is 0 Å². The molecule has 3 aromatic rings. The number of nitrogens with one attached hydrogen (secondary N) is 2. The molecule has 37 heteroatoms. The number of phenolic OH excluding ortho intramolecular Hbond substituents is 3. The summed E-state index contributed by atoms with van der Waals surface area (Å²) in [6, 6.07) is 14.3. The minimum absolute atomic E-state index is 0. The number of halogens is 2. The molecule has 634 valence electrons. The molecular formula is C75H131Cl2Cs2N6NaO26. The Labute approximate surface area is 815 Å². The minimum atomic E-state index is -1.06. The third-order valence-corrected chi connectivity index (χ3v) is 11.5. The number of esters is 2. The van der Waals surface area contributed by atoms with Crippen molar-refractivity contribution in [2.45, 2.75) is 235 Å². The van der Waals surface area contributed by atoms with Crippen LogP contribution in [0.2, 0.25) is 0 Å². The van der Waals surface area contributed by atoms with E-state index in [1.165, 1.54) is 0 Å². The third-order valence-electron chi connectivity index (χ3n) is 10.9. The van der Waals surface area contributed by atoms with Gasteiger partial charge in [-0.25, -0.2) is 19.2 Å². The molecule has 0 bridgehead atoms. The summed E-state index contributed by atoms with van der Waals surface area (Å²) in [6.07, 6.45) is 5.06. The molecular weight excluding hydrogens is 1760 g/mol. The van der Waals surface area contributed by atoms with Crippen LogP contribution in [0.3, 0.4) is 0 Å². The van der Waals surface area contributed by atoms with Gasteiger partial charge in [0, 0.05) is 92.3 Å². The van der Waals surface area contributed by atoms with Crippen molar-refractivity contribution < 1.29 is 295 Å². The van der Waals surface area contributed by atoms with Crippen molar-refractivity contribution in [3.8, 4) is 51.7 Å². The van der Waals surface area contributed by atoms with Crippen molar-refractivity contribution in [3.63, 3.8) is 0 Å². The molecule has 0 fully saturated rings. The van der Waals surface area contributed by atoms with Gasteiger partial charge in [-0.1, -0.05) is 0 Å². The maximum atomic E-state index is 11.9. The van der Waals surface area contributed by atoms with Gasteiger partial charge in [0.1, 0.15) is 85.4 Å². The van der Waals surface area contributed by atoms with E-state index in [1.54, 1.807) is 59.7 Å². The molecule has 0 aliphatic rings. The first-order valence-corrected chi connectivity index (χ1v) is 36.7. The number of hydrogen-bond acceptors (Lipinski definition) is 30. The van der Waals surface area contributed by atoms with E-state index in [0.717, 1.165) is 67.6 Å². The zero-order valence-corrected chi connectivity index (χ0v) is 86.6. The summed E-state index contributed by atoms with van der Waals surface area (Å²) >= 11 is 10.6. The summed E-state index contributed by atoms with van der Waals surface area (Å²) in [6.45, 7) is 38.3. The van der Waals surface area contributed by atoms with Gasteiger partial charge in [-0.2, -0.15) is 0 Å². The number of rotatable bonds is 35. The SMILES string of the molecule is CC(C)(C)OC(=O)CCCCOc1cc(OCCCCC(=O)OC(C)(C)C)cc(OCCCNC(=O)OC(C)(C)C)c1.CC(C)(C)OC(=O)NCCCCl.CC(C)(C)OC(=O)OC(=O)OC(C)(C)C.NCCCCl.NCCCOc1cc(OCCCN)cc(OCCCN)c1.O=CO[O-].Oc1cc(O)cc(O)c1.[Cs+].[Cs+].[H-].[Na+].[OH-]. The maximum absolute atomic E-state index is 11.9. The molecule has 0 spiro atoms. The number of nitrogens with two attached hydrogens (primary N) is 4. The first-order valence-electron chi connectivity index (χ1n) is 35.6. The number of carbonyl (C=O) groups is 7. The predicted molar refractivity (Wildman–Crippen MR) is 414 cm³/mol. The standard InChI is InChI=1S/C32H53NO9.C15H27N3O3.C10H18O5.C8H16ClNO2.C6H6O3.C3H8ClN.CH2O3.2Cs.Na.H2O.H/c1-30(2,3)40-27(34)15-10-12-18-37-24-21-25(38-19-13-11-16-28(35)41-31(4,5)6)23-26(22-24)39-20-14-17-33-29(36)42-32(7,8)9;16-4-1-7-19-13-10-14(20-8-2-5-17)12-15(11-13)21-9-3-6-18;1-9(2,3)14-7(11)13-8(12)15-10(4,5)6;1-8(2,3)12-7(11)10-6-4-5-9;7-4-1-5(8)3-6(9)2-4;4-2-1-3-5;2-1-4-3;;;;;/h21-23H,10-20H2,1-9H3,(H,33,36);10-12H,1-9,16-18H2;1-6H3;4-6H2,1-3H3,(H,10,11);1-3,7-9H;1-3,5H2;1,3H;;;;1H2;/q;;;;;;;3*+1;;-1/p-2. The van der Waals surface area contributed by atoms with Crippen LogP contribution in [-0.4, -0.2) is 188 Å². The number of unbranched alkanes of at least 4 members (excludes halogenated alkanes) is 2. The van der Waals surface area contributed by atoms with Crippen LogP contribution in [0, 0.1) is 0 Å². The number of aromatic hydroxyl groups is 3. The van der Waals surface area contributed by atoms with Gasteiger partial charge in [0.15, 0.2) is 0 Å². The average Bonchev–Trinajstić information content (AvgIpc) is 0.871. The summed E-state index contributed by atoms with van der Waals surface area (Å²) in [4.78, 5) is 79.9. The predicted octanol–water partition coefficient (Wildman–Crippen LogP) is 3.40. The normalized spacial score (nSPS) is 10.5. The van der Waals surface area contributed by atoms with Gasteiger partial charge in [-0.05, 0) is 215 Å². The largest absolute Gasteiger partial charge is 1.00 e. The van der Waals surface area contributed by atoms with Crippen molar-refractivity contribution in [1.82, 2.24) is 10.6 Å². The van der Waals surface area contributed by atoms with Crippen molar-refractivity contribution in [1.29, 1.82) is 0 Å². The van der Waals surface area contributed by atoms with Gasteiger partial charge in [0.05, 0.1) is 39.6 Å². The van der Waals surface area contributed by atoms with Crippen LogP contribution in [0.5, 0.6) is 51.7 Å². The summed E-state index contributed by atoms with van der Waals surface area (Å²) < 4.78 is 69.4. The number of hydrogen-bond donors (Lipinski definition) is 9. The van der Waals surface area contributed by atoms with Crippen LogP contribution in [0.1, 0.15) is 203 Å². The van der Waals surface area contributed by atoms with Crippen LogP contribution in [0.4, 0.5) is 19.2 Å². The Bertz CT molecular complexity index is 2640. The summed E-state index contributed by atoms with van der Waals surface area (Å²) in [7, 11) is 0. The van der Waals surface area contributed by atoms with Gasteiger partial charge in [0.25, 0.3) is 6.47 Å². The van der Waals surface area contributed by atoms with E-state index in [-0.39, 0.29) is 216 Å². The second-order valence-electron chi connectivity index (χ2n) is 28.9. The average molecular weight is 1890 g/mol. The number of alkyl halides is 2. The quantitative estimate of drug-likeness (QED) is 0.00469. The van der Waals surface area contributed by atoms with Crippen molar-refractivity contribution in [2.75, 3.05) is 90.7 Å². The fraction of sp³-hybridized carbons (Fsp3) is 0.667. The zero-order chi connectivity index (χ0) is 83.4. The summed E-state index contributed by atoms with van der Waals surface area (Å²) in [5.74, 6) is 4.26. The Morgan fingerprint density at radius 3 is 0.839 bits per heavy atom. The molecule has 0 unspecified atom stereocenters. The van der Waals surface area contributed by atoms with Crippen LogP contribution < -0.4 is 235 Å². The Morgan fingerprint density at radius 2 is 0.625 bits per heavy atom. The van der Waals surface area contributed by atoms with E-state index in [9.17, 15) is 28.8 Å². The Morgan fingerprint density at radius 1 is 0.393 bits per heavy atom. The van der Waals surface area contributed by atoms with Crippen molar-refractivity contribution in [3.05, 3.63) is 54.6 Å². The molecule has 0 saturated heterocycles. The molecule has 0 aliphatic heterocycles. The van der Waals surface area contributed by atoms with E-state index >= 15 is 0 Å². The van der Waals surface area contributed by atoms with E-state index in [4.69, 9.17) is 128 Å². The molecule has 0 atom stereocenters. The summed E-state index contributed by atoms with van der Waals surface area (Å²) in [5.41, 5.74) is 18.1. The van der Waals surface area contributed by atoms with Crippen molar-refractivity contribution in [2.24, 2.45) is 22.9 Å². The van der Waals surface area contributed by atoms with E-state index in [2.05, 4.69) is 20.3 Å². The number of benzene rings is 3. The molecule has 112 heavy (non-hydrogen) atoms. The van der Waals surface area contributed by atoms with Gasteiger partial charge in [-0.15, -0.1) is 23.2 Å². The first-order chi connectivity index (χ1) is 50.2. The number of alkyl carbamates (subject to hydrolysis) is 2. The van der Waals surface area contributed by atoms with Crippen LogP contribution in [0.15, 0.2) is 54.6 Å². The molecule has 0 heterocycles. The van der Waals surface area contributed by atoms with Gasteiger partial charge < -0.3 is 128 Å². The molecule has 14 N–H and O–H groups in total. The fourth-order valence-corrected chi connectivity index (χ4v) is 7.21. The zero-order valence-electron chi connectivity index (χ0n) is 71.5. The molecule has 0 saturated carbocycles. The van der Waals surface area contributed by atoms with Gasteiger partial charge >= 0.3 is 204 Å². The van der Waals surface area contributed by atoms with Gasteiger partial charge in [-0.3, -0.25) is 14.4 Å². The fourth-order valence-electron chi connectivity index (χ4n) is 6.92. The molecule has 3 aromatic carbocycles. The summed E-state index contributed by atoms with van der Waals surface area (Å²) in [5, 5.41) is 39.8. The maximum Gasteiger partial charge on any atom is 1.00 e. The van der Waals surface area contributed by atoms with E-state index in [0.29, 0.717) is 153 Å². The molecule has 0 aliphatic carbocycles. The van der Waals surface area contributed by atoms with E-state index in [1.807, 2.05) is 101 Å². The first kappa shape index (κ1) is 125. The number of carbonyl (C=O) groups excluding carboxylic acids is 7. The topological polar surface area (TPSA) is 491 Å². The Hall–Kier alpha value is -3.01. The monoisotopic (exact) mass is 1890 g/mol. The number of phenols is 3. The number of ether oxygens (including phenoxy) is 13. The van der Waals surface area contributed by atoms with E-state index < -0.39 is 52.0 Å². The second kappa shape index (κ2) is 73.2. The van der Waals surface area contributed by atoms with Gasteiger partial charge in [0.2, 0.25) is 0 Å². The molecule has 3 rings (SSSR count). The third kappa shape index (κ3) is 92.5. The Kier molecular flexibility index (Phi) is 81.4. The van der Waals surface area contributed by atoms with Crippen LogP contribution in [-0.2, 0) is 52.4 Å². The number of amides is 2. The molecule has 32 nitrogen and oxygen atoms in total. The minimum Gasteiger partial charge on any atom is -1.00 e. The second-order valence-corrected chi connectivity index (χ2v) is 29.7. The van der Waals surface area contributed by atoms with Crippen molar-refractivity contribution >= 4 is 66.1 Å².